The number of hydrogen-bond donors (Lipinski definition) is 0. The smallest absolute Gasteiger partial charge is 0.316 e. The lowest BCUT2D eigenvalue weighted by Gasteiger charge is -2.21. The fourth-order valence-corrected chi connectivity index (χ4v) is 3.29. The van der Waals surface area contributed by atoms with Gasteiger partial charge in [-0.15, -0.1) is 6.58 Å². The van der Waals surface area contributed by atoms with E-state index < -0.39 is 0 Å². The number of hydrogen-bond acceptors (Lipinski definition) is 7. The molecule has 3 heterocycles. The topological polar surface area (TPSA) is 67.3 Å². The largest absolute Gasteiger partial charge is 0.467 e. The molecule has 0 N–H and O–H groups in total. The molecule has 7 heteroatoms. The van der Waals surface area contributed by atoms with E-state index in [0.29, 0.717) is 6.01 Å². The van der Waals surface area contributed by atoms with Crippen LogP contribution in [-0.4, -0.2) is 58.6 Å². The van der Waals surface area contributed by atoms with Crippen LogP contribution in [0.2, 0.25) is 0 Å². The number of likely N-dealkylation sites (N-methyl/N-ethyl adjacent to an activating group) is 1. The maximum Gasteiger partial charge on any atom is 0.316 e. The molecule has 2 aromatic rings. The Hall–Kier alpha value is -2.54. The second-order valence-electron chi connectivity index (χ2n) is 6.54. The Labute approximate surface area is 154 Å². The fourth-order valence-electron chi connectivity index (χ4n) is 3.29. The molecule has 138 valence electrons. The van der Waals surface area contributed by atoms with E-state index in [1.807, 2.05) is 25.4 Å². The molecule has 0 amide bonds. The van der Waals surface area contributed by atoms with Gasteiger partial charge in [-0.05, 0) is 13.3 Å². The van der Waals surface area contributed by atoms with Crippen molar-refractivity contribution in [1.82, 2.24) is 24.8 Å². The van der Waals surface area contributed by atoms with Gasteiger partial charge in [0.05, 0.1) is 12.8 Å². The standard InChI is InChI=1S/C19H26N6O/c1-5-8-24(3)18-16-6-9-25(10-7-17(16)22-14(2)23-18)13-15-11-20-19(26-4)21-12-15/h5,11-12H,1,6-10,13H2,2-4H3. The SMILES string of the molecule is C=CCN(C)c1nc(C)nc2c1CCN(Cc1cnc(OC)nc1)CC2. The number of nitrogens with zero attached hydrogens (tertiary/aromatic N) is 6. The van der Waals surface area contributed by atoms with Gasteiger partial charge in [0, 0.05) is 63.2 Å². The Morgan fingerprint density at radius 2 is 1.96 bits per heavy atom. The first kappa shape index (κ1) is 18.3. The van der Waals surface area contributed by atoms with E-state index >= 15 is 0 Å². The minimum atomic E-state index is 0.401. The van der Waals surface area contributed by atoms with E-state index in [2.05, 4.69) is 38.4 Å². The maximum absolute atomic E-state index is 5.03. The maximum atomic E-state index is 5.03. The van der Waals surface area contributed by atoms with Crippen LogP contribution >= 0.6 is 0 Å². The van der Waals surface area contributed by atoms with Gasteiger partial charge in [-0.2, -0.15) is 0 Å². The number of fused-ring (bicyclic) bond motifs is 1. The van der Waals surface area contributed by atoms with Crippen molar-refractivity contribution < 1.29 is 4.74 Å². The lowest BCUT2D eigenvalue weighted by atomic mass is 10.1. The monoisotopic (exact) mass is 354 g/mol. The first-order valence-electron chi connectivity index (χ1n) is 8.86. The zero-order valence-electron chi connectivity index (χ0n) is 15.8. The van der Waals surface area contributed by atoms with Crippen LogP contribution in [0.3, 0.4) is 0 Å². The molecule has 0 saturated heterocycles. The highest BCUT2D eigenvalue weighted by Crippen LogP contribution is 2.24. The number of rotatable bonds is 6. The number of ether oxygens (including phenoxy) is 1. The van der Waals surface area contributed by atoms with Crippen LogP contribution in [0.25, 0.3) is 0 Å². The van der Waals surface area contributed by atoms with Crippen molar-refractivity contribution in [1.29, 1.82) is 0 Å². The van der Waals surface area contributed by atoms with E-state index in [4.69, 9.17) is 9.72 Å². The number of aromatic nitrogens is 4. The summed E-state index contributed by atoms with van der Waals surface area (Å²) >= 11 is 0. The van der Waals surface area contributed by atoms with Crippen molar-refractivity contribution in [3.05, 3.63) is 47.7 Å². The van der Waals surface area contributed by atoms with Crippen molar-refractivity contribution in [2.45, 2.75) is 26.3 Å². The number of methoxy groups -OCH3 is 1. The first-order valence-corrected chi connectivity index (χ1v) is 8.86. The van der Waals surface area contributed by atoms with Gasteiger partial charge in [0.15, 0.2) is 0 Å². The van der Waals surface area contributed by atoms with Crippen LogP contribution in [0.5, 0.6) is 6.01 Å². The van der Waals surface area contributed by atoms with Gasteiger partial charge in [-0.1, -0.05) is 6.08 Å². The fraction of sp³-hybridized carbons (Fsp3) is 0.474. The normalized spacial score (nSPS) is 14.4. The van der Waals surface area contributed by atoms with E-state index in [1.54, 1.807) is 7.11 Å². The van der Waals surface area contributed by atoms with E-state index in [0.717, 1.165) is 61.9 Å². The Bertz CT molecular complexity index is 761. The predicted molar refractivity (Wildman–Crippen MR) is 102 cm³/mol. The minimum Gasteiger partial charge on any atom is -0.467 e. The average molecular weight is 354 g/mol. The molecule has 0 aliphatic carbocycles. The highest BCUT2D eigenvalue weighted by atomic mass is 16.5. The number of aryl methyl sites for hydroxylation is 1. The summed E-state index contributed by atoms with van der Waals surface area (Å²) in [5, 5.41) is 0. The van der Waals surface area contributed by atoms with Crippen LogP contribution in [0.4, 0.5) is 5.82 Å². The van der Waals surface area contributed by atoms with Crippen molar-refractivity contribution in [3.63, 3.8) is 0 Å². The van der Waals surface area contributed by atoms with E-state index in [-0.39, 0.29) is 0 Å². The molecule has 7 nitrogen and oxygen atoms in total. The zero-order valence-corrected chi connectivity index (χ0v) is 15.8. The molecule has 1 aliphatic rings. The lowest BCUT2D eigenvalue weighted by Crippen LogP contribution is -2.26. The summed E-state index contributed by atoms with van der Waals surface area (Å²) in [5.41, 5.74) is 3.51. The number of anilines is 1. The minimum absolute atomic E-state index is 0.401. The molecule has 3 rings (SSSR count). The Balaban J connectivity index is 1.75. The van der Waals surface area contributed by atoms with Crippen LogP contribution < -0.4 is 9.64 Å². The van der Waals surface area contributed by atoms with Gasteiger partial charge < -0.3 is 9.64 Å². The third-order valence-corrected chi connectivity index (χ3v) is 4.56. The van der Waals surface area contributed by atoms with E-state index in [9.17, 15) is 0 Å². The van der Waals surface area contributed by atoms with E-state index in [1.165, 1.54) is 5.56 Å². The quantitative estimate of drug-likeness (QED) is 0.733. The van der Waals surface area contributed by atoms with Gasteiger partial charge in [-0.3, -0.25) is 4.90 Å². The van der Waals surface area contributed by atoms with Crippen molar-refractivity contribution >= 4 is 5.82 Å². The van der Waals surface area contributed by atoms with Crippen LogP contribution in [0.1, 0.15) is 22.6 Å². The van der Waals surface area contributed by atoms with Gasteiger partial charge in [-0.25, -0.2) is 19.9 Å². The second kappa shape index (κ2) is 8.23. The van der Waals surface area contributed by atoms with Crippen molar-refractivity contribution in [2.75, 3.05) is 38.7 Å². The summed E-state index contributed by atoms with van der Waals surface area (Å²) in [4.78, 5) is 22.4. The molecule has 0 saturated carbocycles. The zero-order chi connectivity index (χ0) is 18.5. The van der Waals surface area contributed by atoms with Gasteiger partial charge >= 0.3 is 6.01 Å². The summed E-state index contributed by atoms with van der Waals surface area (Å²) in [6.45, 7) is 9.31. The molecule has 2 aromatic heterocycles. The highest BCUT2D eigenvalue weighted by molar-refractivity contribution is 5.50. The molecular formula is C19H26N6O. The van der Waals surface area contributed by atoms with Crippen molar-refractivity contribution in [3.8, 4) is 6.01 Å². The Morgan fingerprint density at radius 3 is 2.65 bits per heavy atom. The van der Waals surface area contributed by atoms with Crippen LogP contribution in [0, 0.1) is 6.92 Å². The third kappa shape index (κ3) is 4.16. The molecule has 0 spiro atoms. The van der Waals surface area contributed by atoms with Gasteiger partial charge in [0.1, 0.15) is 11.6 Å². The Morgan fingerprint density at radius 1 is 1.23 bits per heavy atom. The van der Waals surface area contributed by atoms with Gasteiger partial charge in [0.25, 0.3) is 0 Å². The summed E-state index contributed by atoms with van der Waals surface area (Å²) in [6, 6.07) is 0.401. The predicted octanol–water partition coefficient (Wildman–Crippen LogP) is 1.81. The molecule has 1 aliphatic heterocycles. The summed E-state index contributed by atoms with van der Waals surface area (Å²) < 4.78 is 5.03. The Kier molecular flexibility index (Phi) is 5.78. The molecule has 0 unspecified atom stereocenters. The first-order chi connectivity index (χ1) is 12.6. The summed E-state index contributed by atoms with van der Waals surface area (Å²) in [6.07, 6.45) is 7.42. The highest BCUT2D eigenvalue weighted by Gasteiger charge is 2.21. The summed E-state index contributed by atoms with van der Waals surface area (Å²) in [5.74, 6) is 1.86. The third-order valence-electron chi connectivity index (χ3n) is 4.56. The molecule has 26 heavy (non-hydrogen) atoms. The lowest BCUT2D eigenvalue weighted by molar-refractivity contribution is 0.277. The van der Waals surface area contributed by atoms with Gasteiger partial charge in [0.2, 0.25) is 0 Å². The second-order valence-corrected chi connectivity index (χ2v) is 6.54. The molecular weight excluding hydrogens is 328 g/mol. The molecule has 0 fully saturated rings. The summed E-state index contributed by atoms with van der Waals surface area (Å²) in [7, 11) is 3.63. The van der Waals surface area contributed by atoms with Crippen LogP contribution in [-0.2, 0) is 19.4 Å². The average Bonchev–Trinajstić information content (AvgIpc) is 2.84. The van der Waals surface area contributed by atoms with Crippen LogP contribution in [0.15, 0.2) is 25.0 Å². The molecule has 0 bridgehead atoms. The van der Waals surface area contributed by atoms with Crippen molar-refractivity contribution in [2.24, 2.45) is 0 Å². The molecule has 0 atom stereocenters. The molecule has 0 aromatic carbocycles. The molecule has 0 radical (unpaired) electrons.